The number of carbonyl (C=O) groups is 3. The molecule has 31 heavy (non-hydrogen) atoms. The smallest absolute Gasteiger partial charge is 0.312 e. The van der Waals surface area contributed by atoms with Crippen LogP contribution in [0.4, 0.5) is 4.79 Å². The van der Waals surface area contributed by atoms with Crippen molar-refractivity contribution in [1.29, 1.82) is 0 Å². The lowest BCUT2D eigenvalue weighted by atomic mass is 9.97. The molecule has 0 spiro atoms. The van der Waals surface area contributed by atoms with E-state index < -0.39 is 24.1 Å². The van der Waals surface area contributed by atoms with Crippen molar-refractivity contribution >= 4 is 29.5 Å². The number of urea groups is 1. The van der Waals surface area contributed by atoms with Gasteiger partial charge in [-0.3, -0.25) is 9.59 Å². The Hall–Kier alpha value is -3.06. The molecule has 0 aliphatic rings. The molecule has 2 aromatic carbocycles. The summed E-state index contributed by atoms with van der Waals surface area (Å²) < 4.78 is 5.24. The number of amides is 3. The Balaban J connectivity index is 2.22. The van der Waals surface area contributed by atoms with E-state index in [4.69, 9.17) is 22.1 Å². The Morgan fingerprint density at radius 2 is 1.52 bits per heavy atom. The van der Waals surface area contributed by atoms with Crippen LogP contribution >= 0.6 is 11.6 Å². The molecule has 0 fully saturated rings. The summed E-state index contributed by atoms with van der Waals surface area (Å²) in [4.78, 5) is 36.7. The lowest BCUT2D eigenvalue weighted by Gasteiger charge is -2.23. The number of hydrogen-bond donors (Lipinski definition) is 3. The fourth-order valence-corrected chi connectivity index (χ4v) is 3.57. The minimum Gasteiger partial charge on any atom is -0.463 e. The highest BCUT2D eigenvalue weighted by atomic mass is 35.5. The van der Waals surface area contributed by atoms with Crippen molar-refractivity contribution in [3.05, 3.63) is 70.2 Å². The fourth-order valence-electron chi connectivity index (χ4n) is 3.30. The van der Waals surface area contributed by atoms with Crippen molar-refractivity contribution in [3.63, 3.8) is 0 Å². The summed E-state index contributed by atoms with van der Waals surface area (Å²) >= 11 is 6.31. The molecule has 0 aliphatic carbocycles. The second kappa shape index (κ2) is 11.4. The highest BCUT2D eigenvalue weighted by Gasteiger charge is 2.25. The third-order valence-electron chi connectivity index (χ3n) is 4.62. The second-order valence-electron chi connectivity index (χ2n) is 7.51. The van der Waals surface area contributed by atoms with Gasteiger partial charge in [-0.2, -0.15) is 0 Å². The lowest BCUT2D eigenvalue weighted by molar-refractivity contribution is -0.148. The summed E-state index contributed by atoms with van der Waals surface area (Å²) in [5.74, 6) is -0.824. The van der Waals surface area contributed by atoms with Crippen LogP contribution in [0.1, 0.15) is 55.5 Å². The Labute approximate surface area is 187 Å². The number of primary amides is 1. The van der Waals surface area contributed by atoms with Gasteiger partial charge in [0.1, 0.15) is 0 Å². The fraction of sp³-hybridized carbons (Fsp3) is 0.348. The number of esters is 1. The van der Waals surface area contributed by atoms with Gasteiger partial charge in [-0.05, 0) is 43.5 Å². The first-order valence-corrected chi connectivity index (χ1v) is 10.4. The van der Waals surface area contributed by atoms with Crippen molar-refractivity contribution in [1.82, 2.24) is 10.6 Å². The van der Waals surface area contributed by atoms with E-state index in [1.807, 2.05) is 31.2 Å². The van der Waals surface area contributed by atoms with Crippen LogP contribution in [0.5, 0.6) is 0 Å². The SMILES string of the molecule is Cc1ccccc1[C@@H](CC(=O)N[C@H](CC(=O)OC(C)C)c1ccccc1Cl)NC(N)=O. The molecule has 0 bridgehead atoms. The number of hydrogen-bond acceptors (Lipinski definition) is 4. The summed E-state index contributed by atoms with van der Waals surface area (Å²) in [5.41, 5.74) is 7.62. The minimum absolute atomic E-state index is 0.0615. The molecule has 7 nitrogen and oxygen atoms in total. The summed E-state index contributed by atoms with van der Waals surface area (Å²) in [6.45, 7) is 5.39. The molecule has 0 saturated heterocycles. The Morgan fingerprint density at radius 3 is 2.10 bits per heavy atom. The molecule has 0 heterocycles. The van der Waals surface area contributed by atoms with E-state index in [0.29, 0.717) is 10.6 Å². The molecule has 0 saturated carbocycles. The van der Waals surface area contributed by atoms with Crippen LogP contribution in [0, 0.1) is 6.92 Å². The molecule has 0 unspecified atom stereocenters. The lowest BCUT2D eigenvalue weighted by Crippen LogP contribution is -2.38. The molecule has 8 heteroatoms. The molecule has 166 valence electrons. The van der Waals surface area contributed by atoms with Crippen LogP contribution in [0.2, 0.25) is 5.02 Å². The molecule has 2 aromatic rings. The topological polar surface area (TPSA) is 111 Å². The van der Waals surface area contributed by atoms with Crippen LogP contribution in [-0.2, 0) is 14.3 Å². The predicted molar refractivity (Wildman–Crippen MR) is 119 cm³/mol. The summed E-state index contributed by atoms with van der Waals surface area (Å²) in [7, 11) is 0. The second-order valence-corrected chi connectivity index (χ2v) is 7.91. The zero-order valence-electron chi connectivity index (χ0n) is 17.9. The van der Waals surface area contributed by atoms with Crippen molar-refractivity contribution in [2.24, 2.45) is 5.73 Å². The van der Waals surface area contributed by atoms with E-state index in [-0.39, 0.29) is 24.9 Å². The van der Waals surface area contributed by atoms with Gasteiger partial charge in [0, 0.05) is 5.02 Å². The maximum absolute atomic E-state index is 12.9. The molecule has 2 atom stereocenters. The van der Waals surface area contributed by atoms with E-state index in [9.17, 15) is 14.4 Å². The summed E-state index contributed by atoms with van der Waals surface area (Å²) in [6, 6.07) is 12.4. The molecule has 3 amide bonds. The average Bonchev–Trinajstić information content (AvgIpc) is 2.66. The van der Waals surface area contributed by atoms with Crippen LogP contribution in [0.25, 0.3) is 0 Å². The monoisotopic (exact) mass is 445 g/mol. The zero-order valence-corrected chi connectivity index (χ0v) is 18.6. The van der Waals surface area contributed by atoms with Crippen LogP contribution in [0.3, 0.4) is 0 Å². The number of nitrogens with one attached hydrogen (secondary N) is 2. The summed E-state index contributed by atoms with van der Waals surface area (Å²) in [6.07, 6.45) is -0.416. The van der Waals surface area contributed by atoms with Crippen LogP contribution in [-0.4, -0.2) is 24.0 Å². The number of carbonyl (C=O) groups excluding carboxylic acids is 3. The van der Waals surface area contributed by atoms with Crippen LogP contribution in [0.15, 0.2) is 48.5 Å². The quantitative estimate of drug-likeness (QED) is 0.507. The summed E-state index contributed by atoms with van der Waals surface area (Å²) in [5, 5.41) is 5.90. The molecular weight excluding hydrogens is 418 g/mol. The van der Waals surface area contributed by atoms with Gasteiger partial charge in [0.15, 0.2) is 0 Å². The number of benzene rings is 2. The van der Waals surface area contributed by atoms with Crippen molar-refractivity contribution < 1.29 is 19.1 Å². The number of ether oxygens (including phenoxy) is 1. The number of halogens is 1. The van der Waals surface area contributed by atoms with E-state index in [1.54, 1.807) is 38.1 Å². The van der Waals surface area contributed by atoms with E-state index in [0.717, 1.165) is 11.1 Å². The predicted octanol–water partition coefficient (Wildman–Crippen LogP) is 3.95. The van der Waals surface area contributed by atoms with E-state index in [1.165, 1.54) is 0 Å². The number of aryl methyl sites for hydroxylation is 1. The van der Waals surface area contributed by atoms with Gasteiger partial charge < -0.3 is 21.1 Å². The van der Waals surface area contributed by atoms with Gasteiger partial charge in [0.05, 0.1) is 31.0 Å². The van der Waals surface area contributed by atoms with Crippen molar-refractivity contribution in [2.75, 3.05) is 0 Å². The first-order chi connectivity index (χ1) is 14.7. The minimum atomic E-state index is -0.732. The molecular formula is C23H28ClN3O4. The standard InChI is InChI=1S/C23H28ClN3O4/c1-14(2)31-22(29)13-20(17-10-6-7-11-18(17)24)26-21(28)12-19(27-23(25)30)16-9-5-4-8-15(16)3/h4-11,14,19-20H,12-13H2,1-3H3,(H,26,28)(H3,25,27,30)/t19-,20-/m1/s1. The van der Waals surface area contributed by atoms with Gasteiger partial charge in [0.25, 0.3) is 0 Å². The third kappa shape index (κ3) is 7.61. The van der Waals surface area contributed by atoms with Gasteiger partial charge >= 0.3 is 12.0 Å². The molecule has 0 aliphatic heterocycles. The Morgan fingerprint density at radius 1 is 0.935 bits per heavy atom. The molecule has 0 radical (unpaired) electrons. The van der Waals surface area contributed by atoms with Gasteiger partial charge in [-0.25, -0.2) is 4.79 Å². The maximum Gasteiger partial charge on any atom is 0.312 e. The largest absolute Gasteiger partial charge is 0.463 e. The van der Waals surface area contributed by atoms with Gasteiger partial charge in [-0.15, -0.1) is 0 Å². The Bertz CT molecular complexity index is 933. The number of nitrogens with two attached hydrogens (primary N) is 1. The van der Waals surface area contributed by atoms with Crippen molar-refractivity contribution in [2.45, 2.75) is 51.8 Å². The first-order valence-electron chi connectivity index (χ1n) is 10.0. The van der Waals surface area contributed by atoms with E-state index in [2.05, 4.69) is 10.6 Å². The normalized spacial score (nSPS) is 12.7. The van der Waals surface area contributed by atoms with Gasteiger partial charge in [0.2, 0.25) is 5.91 Å². The Kier molecular flexibility index (Phi) is 8.88. The maximum atomic E-state index is 12.9. The molecule has 0 aromatic heterocycles. The molecule has 4 N–H and O–H groups in total. The highest BCUT2D eigenvalue weighted by molar-refractivity contribution is 6.31. The van der Waals surface area contributed by atoms with Gasteiger partial charge in [-0.1, -0.05) is 54.1 Å². The van der Waals surface area contributed by atoms with Crippen molar-refractivity contribution in [3.8, 4) is 0 Å². The average molecular weight is 446 g/mol. The third-order valence-corrected chi connectivity index (χ3v) is 4.97. The van der Waals surface area contributed by atoms with E-state index >= 15 is 0 Å². The number of rotatable bonds is 9. The first kappa shape index (κ1) is 24.2. The highest BCUT2D eigenvalue weighted by Crippen LogP contribution is 2.27. The van der Waals surface area contributed by atoms with Crippen LogP contribution < -0.4 is 16.4 Å². The zero-order chi connectivity index (χ0) is 23.0. The molecule has 2 rings (SSSR count).